The topological polar surface area (TPSA) is 48.3 Å². The van der Waals surface area contributed by atoms with Crippen LogP contribution in [0.3, 0.4) is 0 Å². The number of nitrogens with one attached hydrogen (secondary N) is 1. The van der Waals surface area contributed by atoms with E-state index in [4.69, 9.17) is 9.47 Å². The number of ether oxygens (including phenoxy) is 2. The largest absolute Gasteiger partial charge is 0.382 e. The van der Waals surface area contributed by atoms with Crippen LogP contribution in [0.4, 0.5) is 0 Å². The standard InChI is InChI=1S/C14H23N3O2/c1-10-7-16-17-12(8-18-3)9-19-14(13(10)17)4-5-15-11(2)6-14/h7,11-12,15H,4-6,8-9H2,1-3H3/t11-,12?,14+/m1/s1. The van der Waals surface area contributed by atoms with Gasteiger partial charge in [0, 0.05) is 13.2 Å². The van der Waals surface area contributed by atoms with Crippen molar-refractivity contribution in [2.24, 2.45) is 0 Å². The lowest BCUT2D eigenvalue weighted by atomic mass is 9.82. The molecular weight excluding hydrogens is 242 g/mol. The predicted octanol–water partition coefficient (Wildman–Crippen LogP) is 1.38. The average molecular weight is 265 g/mol. The van der Waals surface area contributed by atoms with E-state index < -0.39 is 0 Å². The monoisotopic (exact) mass is 265 g/mol. The first-order valence-corrected chi connectivity index (χ1v) is 7.07. The molecule has 0 aromatic carbocycles. The molecule has 1 aromatic rings. The zero-order valence-electron chi connectivity index (χ0n) is 12.0. The molecule has 3 atom stereocenters. The summed E-state index contributed by atoms with van der Waals surface area (Å²) in [5.74, 6) is 0. The molecule has 1 N–H and O–H groups in total. The smallest absolute Gasteiger partial charge is 0.113 e. The van der Waals surface area contributed by atoms with E-state index in [1.54, 1.807) is 7.11 Å². The van der Waals surface area contributed by atoms with Gasteiger partial charge in [0.15, 0.2) is 0 Å². The third-order valence-corrected chi connectivity index (χ3v) is 4.32. The third kappa shape index (κ3) is 2.10. The fourth-order valence-corrected chi connectivity index (χ4v) is 3.53. The summed E-state index contributed by atoms with van der Waals surface area (Å²) in [7, 11) is 1.73. The van der Waals surface area contributed by atoms with Gasteiger partial charge in [-0.1, -0.05) is 0 Å². The van der Waals surface area contributed by atoms with Crippen molar-refractivity contribution in [2.75, 3.05) is 26.9 Å². The Labute approximate surface area is 114 Å². The van der Waals surface area contributed by atoms with Crippen molar-refractivity contribution >= 4 is 0 Å². The maximum atomic E-state index is 6.33. The van der Waals surface area contributed by atoms with E-state index in [2.05, 4.69) is 28.9 Å². The Kier molecular flexibility index (Phi) is 3.37. The Balaban J connectivity index is 2.00. The second-order valence-electron chi connectivity index (χ2n) is 5.84. The molecule has 0 saturated carbocycles. The first kappa shape index (κ1) is 13.1. The van der Waals surface area contributed by atoms with Gasteiger partial charge in [0.2, 0.25) is 0 Å². The van der Waals surface area contributed by atoms with Crippen molar-refractivity contribution < 1.29 is 9.47 Å². The molecule has 1 spiro atoms. The minimum Gasteiger partial charge on any atom is -0.382 e. The van der Waals surface area contributed by atoms with Crippen LogP contribution in [0.15, 0.2) is 6.20 Å². The van der Waals surface area contributed by atoms with Crippen molar-refractivity contribution in [2.45, 2.75) is 44.4 Å². The van der Waals surface area contributed by atoms with Crippen LogP contribution in [0.25, 0.3) is 0 Å². The van der Waals surface area contributed by atoms with Crippen molar-refractivity contribution in [3.63, 3.8) is 0 Å². The maximum Gasteiger partial charge on any atom is 0.113 e. The lowest BCUT2D eigenvalue weighted by molar-refractivity contribution is -0.125. The Morgan fingerprint density at radius 2 is 2.47 bits per heavy atom. The number of hydrogen-bond donors (Lipinski definition) is 1. The van der Waals surface area contributed by atoms with Gasteiger partial charge in [-0.25, -0.2) is 0 Å². The van der Waals surface area contributed by atoms with Crippen LogP contribution in [0.1, 0.15) is 37.1 Å². The number of rotatable bonds is 2. The van der Waals surface area contributed by atoms with E-state index in [0.717, 1.165) is 19.4 Å². The molecule has 0 radical (unpaired) electrons. The highest BCUT2D eigenvalue weighted by Crippen LogP contribution is 2.42. The normalized spacial score (nSPS) is 34.5. The SMILES string of the molecule is COCC1CO[C@]2(CCN[C@H](C)C2)c2c(C)cnn21. The van der Waals surface area contributed by atoms with Crippen LogP contribution in [-0.4, -0.2) is 42.7 Å². The van der Waals surface area contributed by atoms with E-state index in [-0.39, 0.29) is 11.6 Å². The number of hydrogen-bond acceptors (Lipinski definition) is 4. The van der Waals surface area contributed by atoms with Gasteiger partial charge in [-0.05, 0) is 38.8 Å². The predicted molar refractivity (Wildman–Crippen MR) is 72.2 cm³/mol. The Morgan fingerprint density at radius 3 is 3.21 bits per heavy atom. The Hall–Kier alpha value is -0.910. The first-order valence-electron chi connectivity index (χ1n) is 7.07. The van der Waals surface area contributed by atoms with E-state index in [1.807, 2.05) is 6.20 Å². The highest BCUT2D eigenvalue weighted by Gasteiger charge is 2.45. The molecule has 0 amide bonds. The molecule has 1 unspecified atom stereocenters. The average Bonchev–Trinajstić information content (AvgIpc) is 2.77. The minimum atomic E-state index is -0.157. The van der Waals surface area contributed by atoms with Crippen molar-refractivity contribution in [3.05, 3.63) is 17.5 Å². The molecule has 5 heteroatoms. The summed E-state index contributed by atoms with van der Waals surface area (Å²) in [4.78, 5) is 0. The van der Waals surface area contributed by atoms with Crippen LogP contribution in [0.5, 0.6) is 0 Å². The molecule has 2 aliphatic rings. The Bertz CT molecular complexity index is 460. The van der Waals surface area contributed by atoms with Crippen LogP contribution in [0, 0.1) is 6.92 Å². The number of nitrogens with zero attached hydrogens (tertiary/aromatic N) is 2. The highest BCUT2D eigenvalue weighted by molar-refractivity contribution is 5.26. The van der Waals surface area contributed by atoms with Crippen LogP contribution >= 0.6 is 0 Å². The molecule has 5 nitrogen and oxygen atoms in total. The van der Waals surface area contributed by atoms with E-state index in [9.17, 15) is 0 Å². The minimum absolute atomic E-state index is 0.157. The lowest BCUT2D eigenvalue weighted by Crippen LogP contribution is -2.51. The van der Waals surface area contributed by atoms with Crippen molar-refractivity contribution in [3.8, 4) is 0 Å². The molecule has 106 valence electrons. The second-order valence-corrected chi connectivity index (χ2v) is 5.84. The number of piperidine rings is 1. The molecule has 1 saturated heterocycles. The number of aromatic nitrogens is 2. The van der Waals surface area contributed by atoms with Crippen molar-refractivity contribution in [1.82, 2.24) is 15.1 Å². The van der Waals surface area contributed by atoms with Crippen LogP contribution < -0.4 is 5.32 Å². The van der Waals surface area contributed by atoms with Gasteiger partial charge >= 0.3 is 0 Å². The molecule has 19 heavy (non-hydrogen) atoms. The molecule has 0 bridgehead atoms. The van der Waals surface area contributed by atoms with Crippen LogP contribution in [-0.2, 0) is 15.1 Å². The lowest BCUT2D eigenvalue weighted by Gasteiger charge is -2.45. The van der Waals surface area contributed by atoms with Gasteiger partial charge in [0.1, 0.15) is 5.60 Å². The zero-order valence-corrected chi connectivity index (χ0v) is 12.0. The fraction of sp³-hybridized carbons (Fsp3) is 0.786. The van der Waals surface area contributed by atoms with Gasteiger partial charge in [-0.3, -0.25) is 4.68 Å². The number of fused-ring (bicyclic) bond motifs is 2. The summed E-state index contributed by atoms with van der Waals surface area (Å²) >= 11 is 0. The molecule has 0 aliphatic carbocycles. The molecule has 3 heterocycles. The zero-order chi connectivity index (χ0) is 13.5. The van der Waals surface area contributed by atoms with Gasteiger partial charge in [0.25, 0.3) is 0 Å². The van der Waals surface area contributed by atoms with Gasteiger partial charge in [0.05, 0.1) is 31.1 Å². The van der Waals surface area contributed by atoms with Gasteiger partial charge in [-0.15, -0.1) is 0 Å². The molecule has 1 aromatic heterocycles. The van der Waals surface area contributed by atoms with Gasteiger partial charge < -0.3 is 14.8 Å². The maximum absolute atomic E-state index is 6.33. The van der Waals surface area contributed by atoms with E-state index in [1.165, 1.54) is 11.3 Å². The summed E-state index contributed by atoms with van der Waals surface area (Å²) in [6.45, 7) is 6.70. The quantitative estimate of drug-likeness (QED) is 0.877. The fourth-order valence-electron chi connectivity index (χ4n) is 3.53. The second kappa shape index (κ2) is 4.89. The summed E-state index contributed by atoms with van der Waals surface area (Å²) in [6, 6.07) is 0.681. The molecule has 3 rings (SSSR count). The van der Waals surface area contributed by atoms with Gasteiger partial charge in [-0.2, -0.15) is 5.10 Å². The first-order chi connectivity index (χ1) is 9.16. The number of aryl methyl sites for hydroxylation is 1. The van der Waals surface area contributed by atoms with Crippen molar-refractivity contribution in [1.29, 1.82) is 0 Å². The summed E-state index contributed by atoms with van der Waals surface area (Å²) < 4.78 is 13.8. The summed E-state index contributed by atoms with van der Waals surface area (Å²) in [6.07, 6.45) is 3.99. The summed E-state index contributed by atoms with van der Waals surface area (Å²) in [5.41, 5.74) is 2.33. The highest BCUT2D eigenvalue weighted by atomic mass is 16.5. The number of methoxy groups -OCH3 is 1. The molecular formula is C14H23N3O2. The van der Waals surface area contributed by atoms with E-state index >= 15 is 0 Å². The Morgan fingerprint density at radius 1 is 1.63 bits per heavy atom. The van der Waals surface area contributed by atoms with Crippen LogP contribution in [0.2, 0.25) is 0 Å². The molecule has 2 aliphatic heterocycles. The third-order valence-electron chi connectivity index (χ3n) is 4.32. The van der Waals surface area contributed by atoms with E-state index in [0.29, 0.717) is 19.3 Å². The summed E-state index contributed by atoms with van der Waals surface area (Å²) in [5, 5.41) is 8.07. The molecule has 1 fully saturated rings.